The van der Waals surface area contributed by atoms with Gasteiger partial charge in [0.25, 0.3) is 0 Å². The van der Waals surface area contributed by atoms with Gasteiger partial charge >= 0.3 is 11.9 Å². The van der Waals surface area contributed by atoms with Gasteiger partial charge in [-0.05, 0) is 103 Å². The van der Waals surface area contributed by atoms with Crippen LogP contribution in [-0.2, 0) is 19.1 Å². The summed E-state index contributed by atoms with van der Waals surface area (Å²) in [6, 6.07) is 0. The Kier molecular flexibility index (Phi) is 69.4. The Morgan fingerprint density at radius 2 is 0.512 bits per heavy atom. The van der Waals surface area contributed by atoms with Gasteiger partial charge in [-0.2, -0.15) is 0 Å². The summed E-state index contributed by atoms with van der Waals surface area (Å²) in [6.07, 6.45) is 110. The van der Waals surface area contributed by atoms with Crippen molar-refractivity contribution < 1.29 is 24.2 Å². The molecule has 0 spiro atoms. The van der Waals surface area contributed by atoms with E-state index in [1.165, 1.54) is 167 Å². The van der Waals surface area contributed by atoms with Crippen LogP contribution in [0.2, 0.25) is 0 Å². The first-order chi connectivity index (χ1) is 41.6. The largest absolute Gasteiger partial charge is 0.462 e. The van der Waals surface area contributed by atoms with Crippen LogP contribution in [0.1, 0.15) is 322 Å². The molecule has 1 unspecified atom stereocenters. The Morgan fingerprint density at radius 3 is 0.774 bits per heavy atom. The summed E-state index contributed by atoms with van der Waals surface area (Å²) in [6.45, 7) is 4.04. The van der Waals surface area contributed by atoms with Crippen LogP contribution in [-0.4, -0.2) is 36.4 Å². The van der Waals surface area contributed by atoms with Crippen LogP contribution < -0.4 is 0 Å². The van der Waals surface area contributed by atoms with E-state index in [0.29, 0.717) is 12.8 Å². The van der Waals surface area contributed by atoms with Crippen LogP contribution in [0.4, 0.5) is 0 Å². The number of rotatable bonds is 64. The second-order valence-corrected chi connectivity index (χ2v) is 23.2. The molecule has 0 aromatic carbocycles. The van der Waals surface area contributed by atoms with Crippen molar-refractivity contribution in [3.05, 3.63) is 146 Å². The zero-order valence-electron chi connectivity index (χ0n) is 54.9. The van der Waals surface area contributed by atoms with Gasteiger partial charge in [-0.1, -0.05) is 352 Å². The first kappa shape index (κ1) is 79.8. The normalized spacial score (nSPS) is 13.1. The summed E-state index contributed by atoms with van der Waals surface area (Å²) < 4.78 is 10.7. The molecule has 0 aliphatic carbocycles. The van der Waals surface area contributed by atoms with Crippen LogP contribution in [0.15, 0.2) is 146 Å². The van der Waals surface area contributed by atoms with E-state index in [1.54, 1.807) is 0 Å². The van der Waals surface area contributed by atoms with Crippen molar-refractivity contribution in [2.75, 3.05) is 13.2 Å². The summed E-state index contributed by atoms with van der Waals surface area (Å²) >= 11 is 0. The second kappa shape index (κ2) is 73.0. The molecule has 0 aliphatic rings. The minimum atomic E-state index is -0.796. The molecule has 5 heteroatoms. The fourth-order valence-electron chi connectivity index (χ4n) is 9.89. The number of carbonyl (C=O) groups excluding carboxylic acids is 2. The highest BCUT2D eigenvalue weighted by molar-refractivity contribution is 5.70. The molecular formula is C79H132O5. The van der Waals surface area contributed by atoms with E-state index < -0.39 is 6.10 Å². The van der Waals surface area contributed by atoms with Crippen LogP contribution in [0, 0.1) is 0 Å². The third-order valence-corrected chi connectivity index (χ3v) is 15.1. The van der Waals surface area contributed by atoms with Gasteiger partial charge in [0.05, 0.1) is 6.61 Å². The molecule has 0 saturated heterocycles. The van der Waals surface area contributed by atoms with Crippen molar-refractivity contribution in [3.63, 3.8) is 0 Å². The Morgan fingerprint density at radius 1 is 0.286 bits per heavy atom. The van der Waals surface area contributed by atoms with Crippen molar-refractivity contribution in [1.82, 2.24) is 0 Å². The van der Waals surface area contributed by atoms with Gasteiger partial charge in [-0.25, -0.2) is 0 Å². The Labute approximate surface area is 520 Å². The standard InChI is InChI=1S/C79H132O5/c1-3-5-7-9-11-13-15-17-19-21-23-25-27-29-31-33-34-35-36-37-38-39-40-41-42-43-44-46-48-50-52-54-56-58-60-62-64-66-68-70-72-74-79(82)84-77(75-80)76-83-78(81)73-71-69-67-65-63-61-59-57-55-53-51-49-47-45-32-30-28-26-24-22-20-18-16-14-12-10-8-6-4-2/h5,7,11,13,17,19,23,25,29,31,34-35,37-38,40-41,43-44,48,50,54,56,60,62,77,80H,3-4,6,8-10,12,14-16,18,20-22,24,26-28,30,32-33,36,39,42,45-47,49,51-53,55,57-59,61,63-76H2,1-2H3/b7-5-,13-11-,19-17-,25-23-,31-29-,35-34-,38-37-,41-40-,44-43-,50-48-,56-54-,62-60-. The maximum atomic E-state index is 12.4. The summed E-state index contributed by atoms with van der Waals surface area (Å²) in [7, 11) is 0. The molecule has 0 saturated carbocycles. The van der Waals surface area contributed by atoms with Crippen molar-refractivity contribution in [2.45, 2.75) is 328 Å². The third-order valence-electron chi connectivity index (χ3n) is 15.1. The molecule has 1 atom stereocenters. The van der Waals surface area contributed by atoms with E-state index in [9.17, 15) is 14.7 Å². The molecule has 84 heavy (non-hydrogen) atoms. The van der Waals surface area contributed by atoms with Crippen molar-refractivity contribution in [2.24, 2.45) is 0 Å². The number of aliphatic hydroxyl groups excluding tert-OH is 1. The maximum absolute atomic E-state index is 12.4. The molecule has 0 fully saturated rings. The van der Waals surface area contributed by atoms with Crippen molar-refractivity contribution in [3.8, 4) is 0 Å². The molecule has 0 radical (unpaired) electrons. The number of ether oxygens (including phenoxy) is 2. The fraction of sp³-hybridized carbons (Fsp3) is 0.671. The molecule has 0 aliphatic heterocycles. The molecule has 0 aromatic rings. The zero-order valence-corrected chi connectivity index (χ0v) is 54.9. The Bertz CT molecular complexity index is 1750. The van der Waals surface area contributed by atoms with Crippen LogP contribution in [0.3, 0.4) is 0 Å². The lowest BCUT2D eigenvalue weighted by atomic mass is 10.0. The van der Waals surface area contributed by atoms with E-state index >= 15 is 0 Å². The molecular weight excluding hydrogens is 1030 g/mol. The molecule has 0 heterocycles. The number of unbranched alkanes of at least 4 members (excludes halogenated alkanes) is 32. The average Bonchev–Trinajstić information content (AvgIpc) is 3.51. The van der Waals surface area contributed by atoms with Gasteiger partial charge in [0.2, 0.25) is 0 Å². The summed E-state index contributed by atoms with van der Waals surface area (Å²) in [5.74, 6) is -0.616. The lowest BCUT2D eigenvalue weighted by Gasteiger charge is -2.15. The van der Waals surface area contributed by atoms with Crippen molar-refractivity contribution >= 4 is 11.9 Å². The second-order valence-electron chi connectivity index (χ2n) is 23.2. The molecule has 1 N–H and O–H groups in total. The lowest BCUT2D eigenvalue weighted by Crippen LogP contribution is -2.28. The third kappa shape index (κ3) is 70.3. The molecule has 0 bridgehead atoms. The lowest BCUT2D eigenvalue weighted by molar-refractivity contribution is -0.161. The molecule has 0 aromatic heterocycles. The summed E-state index contributed by atoms with van der Waals surface area (Å²) in [5.41, 5.74) is 0. The monoisotopic (exact) mass is 1160 g/mol. The van der Waals surface area contributed by atoms with Gasteiger partial charge in [0, 0.05) is 12.8 Å². The molecule has 0 amide bonds. The number of carbonyl (C=O) groups is 2. The zero-order chi connectivity index (χ0) is 60.5. The first-order valence-corrected chi connectivity index (χ1v) is 35.4. The SMILES string of the molecule is CC/C=C\C/C=C\C/C=C\C/C=C\C/C=C\C/C=C\C/C=C\C/C=C\C/C=C\C/C=C\C/C=C\C/C=C\CCCCCCC(=O)OC(CO)COC(=O)CCCCCCCCCCCCCCCCCCCCCCCCCCCCCCC. The molecule has 478 valence electrons. The Balaban J connectivity index is 3.59. The maximum Gasteiger partial charge on any atom is 0.306 e. The number of aliphatic hydroxyl groups is 1. The minimum absolute atomic E-state index is 0.0811. The van der Waals surface area contributed by atoms with Crippen LogP contribution >= 0.6 is 0 Å². The first-order valence-electron chi connectivity index (χ1n) is 35.4. The van der Waals surface area contributed by atoms with E-state index in [1.807, 2.05) is 0 Å². The highest BCUT2D eigenvalue weighted by Crippen LogP contribution is 2.17. The number of esters is 2. The van der Waals surface area contributed by atoms with E-state index in [0.717, 1.165) is 128 Å². The number of allylic oxidation sites excluding steroid dienone is 24. The van der Waals surface area contributed by atoms with Gasteiger partial charge < -0.3 is 14.6 Å². The van der Waals surface area contributed by atoms with Gasteiger partial charge in [-0.3, -0.25) is 9.59 Å². The quantitative estimate of drug-likeness (QED) is 0.0373. The summed E-state index contributed by atoms with van der Waals surface area (Å²) in [5, 5.41) is 9.70. The number of hydrogen-bond acceptors (Lipinski definition) is 5. The molecule has 5 nitrogen and oxygen atoms in total. The Hall–Kier alpha value is -4.22. The van der Waals surface area contributed by atoms with Gasteiger partial charge in [0.15, 0.2) is 6.10 Å². The fourth-order valence-corrected chi connectivity index (χ4v) is 9.89. The predicted molar refractivity (Wildman–Crippen MR) is 371 cm³/mol. The predicted octanol–water partition coefficient (Wildman–Crippen LogP) is 24.9. The van der Waals surface area contributed by atoms with Gasteiger partial charge in [0.1, 0.15) is 6.61 Å². The molecule has 0 rings (SSSR count). The van der Waals surface area contributed by atoms with Crippen LogP contribution in [0.5, 0.6) is 0 Å². The van der Waals surface area contributed by atoms with E-state index in [2.05, 4.69) is 160 Å². The summed E-state index contributed by atoms with van der Waals surface area (Å²) in [4.78, 5) is 24.6. The highest BCUT2D eigenvalue weighted by atomic mass is 16.6. The average molecular weight is 1160 g/mol. The van der Waals surface area contributed by atoms with E-state index in [-0.39, 0.29) is 25.2 Å². The van der Waals surface area contributed by atoms with Gasteiger partial charge in [-0.15, -0.1) is 0 Å². The van der Waals surface area contributed by atoms with Crippen LogP contribution in [0.25, 0.3) is 0 Å². The van der Waals surface area contributed by atoms with Crippen molar-refractivity contribution in [1.29, 1.82) is 0 Å². The highest BCUT2D eigenvalue weighted by Gasteiger charge is 2.16. The minimum Gasteiger partial charge on any atom is -0.462 e. The number of hydrogen-bond donors (Lipinski definition) is 1. The topological polar surface area (TPSA) is 72.8 Å². The van der Waals surface area contributed by atoms with E-state index in [4.69, 9.17) is 9.47 Å². The smallest absolute Gasteiger partial charge is 0.306 e.